The largest absolute Gasteiger partial charge is 0.309 e. The SMILES string of the molecule is CSCC(C)NC1CCCC1S(C)(=O)=O. The van der Waals surface area contributed by atoms with Crippen molar-refractivity contribution >= 4 is 21.6 Å². The number of hydrogen-bond acceptors (Lipinski definition) is 4. The van der Waals surface area contributed by atoms with Gasteiger partial charge in [0.25, 0.3) is 0 Å². The Morgan fingerprint density at radius 3 is 2.67 bits per heavy atom. The van der Waals surface area contributed by atoms with Gasteiger partial charge in [-0.1, -0.05) is 6.42 Å². The molecule has 1 N–H and O–H groups in total. The Kier molecular flexibility index (Phi) is 4.93. The minimum atomic E-state index is -2.88. The third-order valence-electron chi connectivity index (χ3n) is 2.92. The summed E-state index contributed by atoms with van der Waals surface area (Å²) in [6.45, 7) is 2.12. The lowest BCUT2D eigenvalue weighted by atomic mass is 10.2. The van der Waals surface area contributed by atoms with Gasteiger partial charge in [0.1, 0.15) is 0 Å². The minimum absolute atomic E-state index is 0.165. The van der Waals surface area contributed by atoms with E-state index in [2.05, 4.69) is 18.5 Å². The maximum atomic E-state index is 11.5. The Labute approximate surface area is 97.3 Å². The molecule has 0 heterocycles. The van der Waals surface area contributed by atoms with Crippen molar-refractivity contribution in [3.63, 3.8) is 0 Å². The third kappa shape index (κ3) is 3.96. The zero-order valence-electron chi connectivity index (χ0n) is 9.69. The van der Waals surface area contributed by atoms with E-state index in [1.807, 2.05) is 0 Å². The zero-order chi connectivity index (χ0) is 11.5. The Morgan fingerprint density at radius 2 is 2.13 bits per heavy atom. The van der Waals surface area contributed by atoms with Crippen molar-refractivity contribution < 1.29 is 8.42 Å². The van der Waals surface area contributed by atoms with Gasteiger partial charge in [0.2, 0.25) is 0 Å². The highest BCUT2D eigenvalue weighted by atomic mass is 32.2. The molecule has 0 saturated heterocycles. The second kappa shape index (κ2) is 5.55. The first-order valence-electron chi connectivity index (χ1n) is 5.39. The molecule has 15 heavy (non-hydrogen) atoms. The highest BCUT2D eigenvalue weighted by molar-refractivity contribution is 7.98. The fourth-order valence-electron chi connectivity index (χ4n) is 2.29. The minimum Gasteiger partial charge on any atom is -0.309 e. The van der Waals surface area contributed by atoms with Crippen LogP contribution in [0.4, 0.5) is 0 Å². The van der Waals surface area contributed by atoms with E-state index < -0.39 is 9.84 Å². The molecule has 0 aromatic rings. The molecule has 0 spiro atoms. The second-order valence-corrected chi connectivity index (χ2v) is 7.60. The monoisotopic (exact) mass is 251 g/mol. The van der Waals surface area contributed by atoms with Gasteiger partial charge in [-0.3, -0.25) is 0 Å². The highest BCUT2D eigenvalue weighted by Gasteiger charge is 2.34. The fraction of sp³-hybridized carbons (Fsp3) is 1.00. The van der Waals surface area contributed by atoms with Gasteiger partial charge in [-0.2, -0.15) is 11.8 Å². The predicted molar refractivity (Wildman–Crippen MR) is 67.3 cm³/mol. The van der Waals surface area contributed by atoms with E-state index in [-0.39, 0.29) is 11.3 Å². The second-order valence-electron chi connectivity index (χ2n) is 4.43. The van der Waals surface area contributed by atoms with Crippen molar-refractivity contribution in [1.82, 2.24) is 5.32 Å². The molecule has 3 atom stereocenters. The molecule has 3 nitrogen and oxygen atoms in total. The molecular weight excluding hydrogens is 230 g/mol. The van der Waals surface area contributed by atoms with E-state index in [0.717, 1.165) is 25.0 Å². The summed E-state index contributed by atoms with van der Waals surface area (Å²) in [4.78, 5) is 0. The van der Waals surface area contributed by atoms with E-state index >= 15 is 0 Å². The Hall–Kier alpha value is 0.260. The van der Waals surface area contributed by atoms with Crippen molar-refractivity contribution in [2.45, 2.75) is 43.5 Å². The number of sulfone groups is 1. The smallest absolute Gasteiger partial charge is 0.151 e. The molecule has 0 aromatic heterocycles. The molecule has 1 rings (SSSR count). The van der Waals surface area contributed by atoms with Crippen molar-refractivity contribution in [3.05, 3.63) is 0 Å². The molecule has 3 unspecified atom stereocenters. The van der Waals surface area contributed by atoms with Crippen LogP contribution >= 0.6 is 11.8 Å². The lowest BCUT2D eigenvalue weighted by Crippen LogP contribution is -2.45. The van der Waals surface area contributed by atoms with E-state index in [9.17, 15) is 8.42 Å². The summed E-state index contributed by atoms with van der Waals surface area (Å²) in [7, 11) is -2.88. The van der Waals surface area contributed by atoms with Crippen LogP contribution in [0.15, 0.2) is 0 Å². The summed E-state index contributed by atoms with van der Waals surface area (Å²) in [5.41, 5.74) is 0. The molecule has 90 valence electrons. The van der Waals surface area contributed by atoms with E-state index in [1.165, 1.54) is 6.26 Å². The summed E-state index contributed by atoms with van der Waals surface area (Å²) in [5.74, 6) is 1.03. The van der Waals surface area contributed by atoms with E-state index in [1.54, 1.807) is 11.8 Å². The topological polar surface area (TPSA) is 46.2 Å². The molecule has 1 aliphatic carbocycles. The molecule has 0 amide bonds. The molecule has 0 aliphatic heterocycles. The molecular formula is C10H21NO2S2. The van der Waals surface area contributed by atoms with Gasteiger partial charge >= 0.3 is 0 Å². The maximum Gasteiger partial charge on any atom is 0.151 e. The third-order valence-corrected chi connectivity index (χ3v) is 5.42. The van der Waals surface area contributed by atoms with Crippen LogP contribution in [0.2, 0.25) is 0 Å². The van der Waals surface area contributed by atoms with Crippen molar-refractivity contribution in [2.75, 3.05) is 18.3 Å². The van der Waals surface area contributed by atoms with Crippen LogP contribution in [0.25, 0.3) is 0 Å². The summed E-state index contributed by atoms with van der Waals surface area (Å²) < 4.78 is 23.1. The van der Waals surface area contributed by atoms with Gasteiger partial charge < -0.3 is 5.32 Å². The maximum absolute atomic E-state index is 11.5. The first-order valence-corrected chi connectivity index (χ1v) is 8.74. The Bertz CT molecular complexity index is 290. The van der Waals surface area contributed by atoms with Crippen LogP contribution < -0.4 is 5.32 Å². The van der Waals surface area contributed by atoms with Crippen molar-refractivity contribution in [3.8, 4) is 0 Å². The normalized spacial score (nSPS) is 29.3. The van der Waals surface area contributed by atoms with Crippen molar-refractivity contribution in [1.29, 1.82) is 0 Å². The molecule has 5 heteroatoms. The number of hydrogen-bond donors (Lipinski definition) is 1. The standard InChI is InChI=1S/C10H21NO2S2/c1-8(7-14-2)11-9-5-4-6-10(9)15(3,12)13/h8-11H,4-7H2,1-3H3. The van der Waals surface area contributed by atoms with Crippen LogP contribution in [-0.2, 0) is 9.84 Å². The van der Waals surface area contributed by atoms with Gasteiger partial charge in [-0.25, -0.2) is 8.42 Å². The summed E-state index contributed by atoms with van der Waals surface area (Å²) in [6, 6.07) is 0.564. The van der Waals surface area contributed by atoms with E-state index in [4.69, 9.17) is 0 Å². The predicted octanol–water partition coefficient (Wildman–Crippen LogP) is 1.29. The number of thioether (sulfide) groups is 1. The average molecular weight is 251 g/mol. The van der Waals surface area contributed by atoms with Crippen LogP contribution in [0.3, 0.4) is 0 Å². The first-order chi connectivity index (χ1) is 6.95. The van der Waals surface area contributed by atoms with Gasteiger partial charge in [-0.15, -0.1) is 0 Å². The molecule has 0 aromatic carbocycles. The summed E-state index contributed by atoms with van der Waals surface area (Å²) in [6.07, 6.45) is 6.28. The first kappa shape index (κ1) is 13.3. The van der Waals surface area contributed by atoms with Gasteiger partial charge in [0, 0.05) is 24.1 Å². The fourth-order valence-corrected chi connectivity index (χ4v) is 4.30. The molecule has 1 saturated carbocycles. The molecule has 0 radical (unpaired) electrons. The number of nitrogens with one attached hydrogen (secondary N) is 1. The zero-order valence-corrected chi connectivity index (χ0v) is 11.3. The quantitative estimate of drug-likeness (QED) is 0.800. The Balaban J connectivity index is 2.54. The molecule has 1 aliphatic rings. The Morgan fingerprint density at radius 1 is 1.47 bits per heavy atom. The van der Waals surface area contributed by atoms with Crippen LogP contribution in [-0.4, -0.2) is 44.0 Å². The summed E-state index contributed by atoms with van der Waals surface area (Å²) in [5, 5.41) is 3.27. The van der Waals surface area contributed by atoms with Crippen LogP contribution in [0.5, 0.6) is 0 Å². The van der Waals surface area contributed by atoms with Crippen LogP contribution in [0, 0.1) is 0 Å². The number of rotatable bonds is 5. The highest BCUT2D eigenvalue weighted by Crippen LogP contribution is 2.25. The van der Waals surface area contributed by atoms with Gasteiger partial charge in [0.05, 0.1) is 5.25 Å². The van der Waals surface area contributed by atoms with Crippen LogP contribution in [0.1, 0.15) is 26.2 Å². The molecule has 0 bridgehead atoms. The van der Waals surface area contributed by atoms with E-state index in [0.29, 0.717) is 6.04 Å². The van der Waals surface area contributed by atoms with Crippen molar-refractivity contribution in [2.24, 2.45) is 0 Å². The van der Waals surface area contributed by atoms with Gasteiger partial charge in [0.15, 0.2) is 9.84 Å². The average Bonchev–Trinajstić information content (AvgIpc) is 2.51. The lowest BCUT2D eigenvalue weighted by Gasteiger charge is -2.23. The molecule has 1 fully saturated rings. The lowest BCUT2D eigenvalue weighted by molar-refractivity contribution is 0.468. The summed E-state index contributed by atoms with van der Waals surface area (Å²) >= 11 is 1.79. The van der Waals surface area contributed by atoms with Gasteiger partial charge in [-0.05, 0) is 26.0 Å².